The lowest BCUT2D eigenvalue weighted by Crippen LogP contribution is -2.21. The van der Waals surface area contributed by atoms with Gasteiger partial charge in [-0.05, 0) is 0 Å². The summed E-state index contributed by atoms with van der Waals surface area (Å²) in [7, 11) is 1.77. The SMILES string of the molecule is Cn1cc(Cl)c(C(C)(C)CF)n1. The average Bonchev–Trinajstić information content (AvgIpc) is 2.31. The molecule has 0 saturated carbocycles. The molecule has 12 heavy (non-hydrogen) atoms. The number of nitrogens with zero attached hydrogens (tertiary/aromatic N) is 2. The molecule has 1 rings (SSSR count). The van der Waals surface area contributed by atoms with Gasteiger partial charge < -0.3 is 0 Å². The molecule has 0 unspecified atom stereocenters. The first-order valence-corrected chi connectivity index (χ1v) is 4.11. The molecule has 0 N–H and O–H groups in total. The van der Waals surface area contributed by atoms with Gasteiger partial charge in [-0.3, -0.25) is 9.07 Å². The zero-order valence-electron chi connectivity index (χ0n) is 7.43. The predicted molar refractivity (Wildman–Crippen MR) is 47.2 cm³/mol. The molecule has 0 aromatic carbocycles. The van der Waals surface area contributed by atoms with Crippen molar-refractivity contribution in [2.24, 2.45) is 7.05 Å². The fourth-order valence-electron chi connectivity index (χ4n) is 0.981. The van der Waals surface area contributed by atoms with E-state index in [0.717, 1.165) is 0 Å². The van der Waals surface area contributed by atoms with Crippen molar-refractivity contribution in [2.45, 2.75) is 19.3 Å². The van der Waals surface area contributed by atoms with Crippen LogP contribution in [0.15, 0.2) is 6.20 Å². The maximum Gasteiger partial charge on any atom is 0.100 e. The van der Waals surface area contributed by atoms with Gasteiger partial charge >= 0.3 is 0 Å². The molecular weight excluding hydrogens is 179 g/mol. The number of hydrogen-bond donors (Lipinski definition) is 0. The predicted octanol–water partition coefficient (Wildman–Crippen LogP) is 2.32. The third kappa shape index (κ3) is 1.61. The molecule has 1 heterocycles. The molecule has 2 nitrogen and oxygen atoms in total. The lowest BCUT2D eigenvalue weighted by molar-refractivity contribution is 0.342. The summed E-state index contributed by atoms with van der Waals surface area (Å²) in [6, 6.07) is 0. The van der Waals surface area contributed by atoms with Crippen molar-refractivity contribution in [3.63, 3.8) is 0 Å². The Kier molecular flexibility index (Phi) is 2.42. The Balaban J connectivity index is 3.09. The molecule has 0 spiro atoms. The van der Waals surface area contributed by atoms with Gasteiger partial charge in [-0.1, -0.05) is 25.4 Å². The molecule has 0 fully saturated rings. The molecule has 1 aromatic rings. The number of aromatic nitrogens is 2. The standard InChI is InChI=1S/C8H12ClFN2/c1-8(2,5-10)7-6(9)4-12(3)11-7/h4H,5H2,1-3H3. The minimum atomic E-state index is -0.585. The van der Waals surface area contributed by atoms with Crippen molar-refractivity contribution < 1.29 is 4.39 Å². The second-order valence-electron chi connectivity index (χ2n) is 3.52. The zero-order valence-corrected chi connectivity index (χ0v) is 8.19. The molecular formula is C8H12ClFN2. The summed E-state index contributed by atoms with van der Waals surface area (Å²) < 4.78 is 14.1. The molecule has 0 aliphatic heterocycles. The van der Waals surface area contributed by atoms with Crippen LogP contribution >= 0.6 is 11.6 Å². The van der Waals surface area contributed by atoms with Crippen LogP contribution in [0.2, 0.25) is 5.02 Å². The van der Waals surface area contributed by atoms with E-state index >= 15 is 0 Å². The van der Waals surface area contributed by atoms with Gasteiger partial charge in [-0.25, -0.2) is 0 Å². The fraction of sp³-hybridized carbons (Fsp3) is 0.625. The van der Waals surface area contributed by atoms with Crippen molar-refractivity contribution in [2.75, 3.05) is 6.67 Å². The normalized spacial score (nSPS) is 12.1. The van der Waals surface area contributed by atoms with Crippen molar-refractivity contribution in [1.29, 1.82) is 0 Å². The first-order chi connectivity index (χ1) is 5.47. The quantitative estimate of drug-likeness (QED) is 0.700. The number of rotatable bonds is 2. The molecule has 0 amide bonds. The van der Waals surface area contributed by atoms with Gasteiger partial charge in [0.25, 0.3) is 0 Å². The van der Waals surface area contributed by atoms with Crippen molar-refractivity contribution in [1.82, 2.24) is 9.78 Å². The van der Waals surface area contributed by atoms with E-state index in [1.807, 2.05) is 0 Å². The molecule has 1 aromatic heterocycles. The third-order valence-electron chi connectivity index (χ3n) is 1.76. The van der Waals surface area contributed by atoms with Crippen molar-refractivity contribution >= 4 is 11.6 Å². The minimum absolute atomic E-state index is 0.455. The Labute approximate surface area is 76.3 Å². The smallest absolute Gasteiger partial charge is 0.100 e. The van der Waals surface area contributed by atoms with Crippen LogP contribution < -0.4 is 0 Å². The molecule has 0 atom stereocenters. The second-order valence-corrected chi connectivity index (χ2v) is 3.92. The van der Waals surface area contributed by atoms with E-state index in [9.17, 15) is 4.39 Å². The Bertz CT molecular complexity index is 281. The van der Waals surface area contributed by atoms with Crippen LogP contribution in [0.25, 0.3) is 0 Å². The van der Waals surface area contributed by atoms with Crippen molar-refractivity contribution in [3.8, 4) is 0 Å². The fourth-order valence-corrected chi connectivity index (χ4v) is 1.42. The first-order valence-electron chi connectivity index (χ1n) is 3.73. The van der Waals surface area contributed by atoms with Crippen LogP contribution in [0, 0.1) is 0 Å². The summed E-state index contributed by atoms with van der Waals surface area (Å²) in [5.74, 6) is 0. The van der Waals surface area contributed by atoms with Crippen LogP contribution in [-0.2, 0) is 12.5 Å². The second kappa shape index (κ2) is 3.05. The van der Waals surface area contributed by atoms with Crippen LogP contribution in [-0.4, -0.2) is 16.5 Å². The van der Waals surface area contributed by atoms with Gasteiger partial charge in [0.1, 0.15) is 6.67 Å². The molecule has 4 heteroatoms. The highest BCUT2D eigenvalue weighted by Gasteiger charge is 2.26. The highest BCUT2D eigenvalue weighted by atomic mass is 35.5. The van der Waals surface area contributed by atoms with E-state index in [1.165, 1.54) is 0 Å². The zero-order chi connectivity index (χ0) is 9.35. The Morgan fingerprint density at radius 3 is 2.58 bits per heavy atom. The van der Waals surface area contributed by atoms with Gasteiger partial charge in [-0.15, -0.1) is 0 Å². The highest BCUT2D eigenvalue weighted by molar-refractivity contribution is 6.31. The van der Waals surface area contributed by atoms with Crippen LogP contribution in [0.1, 0.15) is 19.5 Å². The summed E-state index contributed by atoms with van der Waals surface area (Å²) in [6.45, 7) is 3.10. The Morgan fingerprint density at radius 2 is 2.25 bits per heavy atom. The maximum atomic E-state index is 12.5. The number of halogens is 2. The molecule has 0 saturated heterocycles. The molecule has 0 radical (unpaired) electrons. The van der Waals surface area contributed by atoms with Crippen LogP contribution in [0.4, 0.5) is 4.39 Å². The summed E-state index contributed by atoms with van der Waals surface area (Å²) >= 11 is 5.86. The molecule has 0 aliphatic rings. The van der Waals surface area contributed by atoms with Gasteiger partial charge in [0.2, 0.25) is 0 Å². The Morgan fingerprint density at radius 1 is 1.67 bits per heavy atom. The first kappa shape index (κ1) is 9.52. The lowest BCUT2D eigenvalue weighted by Gasteiger charge is -2.17. The summed E-state index contributed by atoms with van der Waals surface area (Å²) in [6.07, 6.45) is 1.67. The third-order valence-corrected chi connectivity index (χ3v) is 2.04. The largest absolute Gasteiger partial charge is 0.274 e. The van der Waals surface area contributed by atoms with Crippen LogP contribution in [0.3, 0.4) is 0 Å². The number of alkyl halides is 1. The topological polar surface area (TPSA) is 17.8 Å². The Hall–Kier alpha value is -0.570. The molecule has 68 valence electrons. The van der Waals surface area contributed by atoms with E-state index in [-0.39, 0.29) is 0 Å². The van der Waals surface area contributed by atoms with E-state index < -0.39 is 12.1 Å². The average molecular weight is 191 g/mol. The van der Waals surface area contributed by atoms with Gasteiger partial charge in [-0.2, -0.15) is 5.10 Å². The summed E-state index contributed by atoms with van der Waals surface area (Å²) in [5, 5.41) is 4.63. The minimum Gasteiger partial charge on any atom is -0.274 e. The van der Waals surface area contributed by atoms with Gasteiger partial charge in [0.15, 0.2) is 0 Å². The maximum absolute atomic E-state index is 12.5. The lowest BCUT2D eigenvalue weighted by atomic mass is 9.91. The summed E-state index contributed by atoms with van der Waals surface area (Å²) in [5.41, 5.74) is 0.0346. The van der Waals surface area contributed by atoms with Crippen molar-refractivity contribution in [3.05, 3.63) is 16.9 Å². The monoisotopic (exact) mass is 190 g/mol. The van der Waals surface area contributed by atoms with Gasteiger partial charge in [0, 0.05) is 18.7 Å². The van der Waals surface area contributed by atoms with E-state index in [4.69, 9.17) is 11.6 Å². The number of hydrogen-bond acceptors (Lipinski definition) is 1. The van der Waals surface area contributed by atoms with Crippen LogP contribution in [0.5, 0.6) is 0 Å². The van der Waals surface area contributed by atoms with E-state index in [0.29, 0.717) is 10.7 Å². The van der Waals surface area contributed by atoms with Gasteiger partial charge in [0.05, 0.1) is 10.7 Å². The molecule has 0 bridgehead atoms. The van der Waals surface area contributed by atoms with E-state index in [2.05, 4.69) is 5.10 Å². The number of aryl methyl sites for hydroxylation is 1. The highest BCUT2D eigenvalue weighted by Crippen LogP contribution is 2.28. The van der Waals surface area contributed by atoms with E-state index in [1.54, 1.807) is 31.8 Å². The molecule has 0 aliphatic carbocycles. The summed E-state index contributed by atoms with van der Waals surface area (Å²) in [4.78, 5) is 0.